The third-order valence-corrected chi connectivity index (χ3v) is 5.49. The summed E-state index contributed by atoms with van der Waals surface area (Å²) in [5.74, 6) is -0.467. The van der Waals surface area contributed by atoms with Crippen molar-refractivity contribution in [2.75, 3.05) is 28.7 Å². The highest BCUT2D eigenvalue weighted by Gasteiger charge is 2.28. The minimum Gasteiger partial charge on any atom is -0.329 e. The van der Waals surface area contributed by atoms with E-state index >= 15 is 0 Å². The molecule has 3 N–H and O–H groups in total. The Kier molecular flexibility index (Phi) is 7.47. The summed E-state index contributed by atoms with van der Waals surface area (Å²) in [7, 11) is 0. The van der Waals surface area contributed by atoms with Gasteiger partial charge >= 0.3 is 6.03 Å². The smallest absolute Gasteiger partial charge is 0.324 e. The van der Waals surface area contributed by atoms with E-state index < -0.39 is 6.03 Å². The number of rotatable bonds is 8. The first-order valence-electron chi connectivity index (χ1n) is 9.01. The Morgan fingerprint density at radius 3 is 2.23 bits per heavy atom. The number of amides is 5. The summed E-state index contributed by atoms with van der Waals surface area (Å²) in [6.45, 7) is 0.139. The second-order valence-corrected chi connectivity index (χ2v) is 8.34. The van der Waals surface area contributed by atoms with Crippen LogP contribution in [-0.4, -0.2) is 46.7 Å². The van der Waals surface area contributed by atoms with Gasteiger partial charge in [0.25, 0.3) is 0 Å². The van der Waals surface area contributed by atoms with E-state index in [1.165, 1.54) is 11.8 Å². The molecular formula is C20H19BrN4O4S. The lowest BCUT2D eigenvalue weighted by Gasteiger charge is -2.13. The molecule has 0 radical (unpaired) electrons. The fourth-order valence-electron chi connectivity index (χ4n) is 2.74. The fourth-order valence-corrected chi connectivity index (χ4v) is 3.76. The highest BCUT2D eigenvalue weighted by molar-refractivity contribution is 9.10. The molecule has 0 unspecified atom stereocenters. The van der Waals surface area contributed by atoms with E-state index in [0.717, 1.165) is 14.9 Å². The van der Waals surface area contributed by atoms with Crippen molar-refractivity contribution in [3.63, 3.8) is 0 Å². The summed E-state index contributed by atoms with van der Waals surface area (Å²) in [5, 5.41) is 7.99. The van der Waals surface area contributed by atoms with Gasteiger partial charge in [-0.25, -0.2) is 4.79 Å². The number of urea groups is 1. The van der Waals surface area contributed by atoms with Crippen LogP contribution in [0.3, 0.4) is 0 Å². The molecule has 1 fully saturated rings. The number of carbonyl (C=O) groups excluding carboxylic acids is 4. The van der Waals surface area contributed by atoms with Crippen molar-refractivity contribution in [3.8, 4) is 0 Å². The van der Waals surface area contributed by atoms with Crippen molar-refractivity contribution >= 4 is 62.8 Å². The van der Waals surface area contributed by atoms with E-state index in [0.29, 0.717) is 11.4 Å². The first-order chi connectivity index (χ1) is 14.4. The van der Waals surface area contributed by atoms with Gasteiger partial charge in [0.15, 0.2) is 0 Å². The molecule has 0 aromatic heterocycles. The second kappa shape index (κ2) is 10.3. The minimum absolute atomic E-state index is 0.00159. The lowest BCUT2D eigenvalue weighted by Crippen LogP contribution is -2.30. The van der Waals surface area contributed by atoms with Gasteiger partial charge in [-0.05, 0) is 35.9 Å². The van der Waals surface area contributed by atoms with Crippen LogP contribution in [0.5, 0.6) is 0 Å². The van der Waals surface area contributed by atoms with Crippen LogP contribution in [0, 0.1) is 0 Å². The van der Waals surface area contributed by atoms with E-state index in [9.17, 15) is 19.2 Å². The molecule has 0 saturated carbocycles. The standard InChI is InChI=1S/C20H19BrN4O4S/c21-14-4-2-6-16(8-14)24-18(27)12-30-11-17(26)23-15-5-1-3-13(7-15)10-25-19(28)9-22-20(25)29/h1-8H,9-12H2,(H,22,29)(H,23,26)(H,24,27). The summed E-state index contributed by atoms with van der Waals surface area (Å²) >= 11 is 4.54. The average molecular weight is 491 g/mol. The van der Waals surface area contributed by atoms with E-state index in [2.05, 4.69) is 31.9 Å². The number of benzene rings is 2. The Morgan fingerprint density at radius 1 is 1.00 bits per heavy atom. The van der Waals surface area contributed by atoms with E-state index in [4.69, 9.17) is 0 Å². The molecule has 156 valence electrons. The van der Waals surface area contributed by atoms with Gasteiger partial charge in [0.1, 0.15) is 0 Å². The van der Waals surface area contributed by atoms with E-state index in [1.54, 1.807) is 36.4 Å². The van der Waals surface area contributed by atoms with Crippen LogP contribution in [0.25, 0.3) is 0 Å². The highest BCUT2D eigenvalue weighted by Crippen LogP contribution is 2.17. The van der Waals surface area contributed by atoms with E-state index in [1.807, 2.05) is 12.1 Å². The molecule has 3 rings (SSSR count). The average Bonchev–Trinajstić information content (AvgIpc) is 3.00. The monoisotopic (exact) mass is 490 g/mol. The maximum absolute atomic E-state index is 12.2. The first kappa shape index (κ1) is 21.8. The zero-order chi connectivity index (χ0) is 21.5. The SMILES string of the molecule is O=C(CSCC(=O)Nc1cccc(CN2C(=O)CNC2=O)c1)Nc1cccc(Br)c1. The predicted octanol–water partition coefficient (Wildman–Crippen LogP) is 2.81. The van der Waals surface area contributed by atoms with Crippen LogP contribution >= 0.6 is 27.7 Å². The van der Waals surface area contributed by atoms with Crippen molar-refractivity contribution in [2.45, 2.75) is 6.54 Å². The van der Waals surface area contributed by atoms with Crippen molar-refractivity contribution in [3.05, 3.63) is 58.6 Å². The van der Waals surface area contributed by atoms with Crippen LogP contribution in [-0.2, 0) is 20.9 Å². The highest BCUT2D eigenvalue weighted by atomic mass is 79.9. The molecule has 5 amide bonds. The predicted molar refractivity (Wildman–Crippen MR) is 119 cm³/mol. The normalized spacial score (nSPS) is 13.2. The molecule has 0 aliphatic carbocycles. The molecule has 1 heterocycles. The quantitative estimate of drug-likeness (QED) is 0.493. The molecule has 1 aliphatic heterocycles. The van der Waals surface area contributed by atoms with Crippen molar-refractivity contribution in [1.29, 1.82) is 0 Å². The van der Waals surface area contributed by atoms with Crippen molar-refractivity contribution in [2.24, 2.45) is 0 Å². The zero-order valence-corrected chi connectivity index (χ0v) is 18.2. The summed E-state index contributed by atoms with van der Waals surface area (Å²) in [6, 6.07) is 13.8. The van der Waals surface area contributed by atoms with Gasteiger partial charge in [0.05, 0.1) is 24.6 Å². The summed E-state index contributed by atoms with van der Waals surface area (Å²) in [5.41, 5.74) is 1.96. The van der Waals surface area contributed by atoms with Crippen LogP contribution in [0.4, 0.5) is 16.2 Å². The lowest BCUT2D eigenvalue weighted by molar-refractivity contribution is -0.125. The van der Waals surface area contributed by atoms with Gasteiger partial charge in [-0.15, -0.1) is 11.8 Å². The molecule has 0 bridgehead atoms. The number of imide groups is 1. The van der Waals surface area contributed by atoms with Gasteiger partial charge < -0.3 is 16.0 Å². The van der Waals surface area contributed by atoms with Crippen LogP contribution in [0.1, 0.15) is 5.56 Å². The minimum atomic E-state index is -0.424. The number of nitrogens with zero attached hydrogens (tertiary/aromatic N) is 1. The largest absolute Gasteiger partial charge is 0.329 e. The maximum atomic E-state index is 12.2. The Hall–Kier alpha value is -2.85. The molecule has 1 aliphatic rings. The van der Waals surface area contributed by atoms with Gasteiger partial charge in [-0.3, -0.25) is 19.3 Å². The topological polar surface area (TPSA) is 108 Å². The Bertz CT molecular complexity index is 969. The number of anilines is 2. The molecule has 10 heteroatoms. The van der Waals surface area contributed by atoms with Gasteiger partial charge in [-0.1, -0.05) is 34.1 Å². The summed E-state index contributed by atoms with van der Waals surface area (Å²) in [6.07, 6.45) is 0. The molecule has 0 spiro atoms. The lowest BCUT2D eigenvalue weighted by atomic mass is 10.2. The fraction of sp³-hybridized carbons (Fsp3) is 0.200. The molecule has 2 aromatic carbocycles. The first-order valence-corrected chi connectivity index (χ1v) is 11.0. The number of hydrogen-bond acceptors (Lipinski definition) is 5. The zero-order valence-electron chi connectivity index (χ0n) is 15.8. The van der Waals surface area contributed by atoms with E-state index in [-0.39, 0.29) is 42.3 Å². The second-order valence-electron chi connectivity index (χ2n) is 6.44. The molecule has 0 atom stereocenters. The van der Waals surface area contributed by atoms with Crippen LogP contribution in [0.15, 0.2) is 53.0 Å². The molecule has 1 saturated heterocycles. The maximum Gasteiger partial charge on any atom is 0.324 e. The Balaban J connectivity index is 1.44. The summed E-state index contributed by atoms with van der Waals surface area (Å²) in [4.78, 5) is 48.6. The third kappa shape index (κ3) is 6.33. The number of nitrogens with one attached hydrogen (secondary N) is 3. The van der Waals surface area contributed by atoms with Crippen LogP contribution < -0.4 is 16.0 Å². The van der Waals surface area contributed by atoms with Gasteiger partial charge in [0.2, 0.25) is 17.7 Å². The number of hydrogen-bond donors (Lipinski definition) is 3. The Morgan fingerprint density at radius 2 is 1.63 bits per heavy atom. The molecule has 30 heavy (non-hydrogen) atoms. The van der Waals surface area contributed by atoms with Crippen molar-refractivity contribution < 1.29 is 19.2 Å². The molecular weight excluding hydrogens is 472 g/mol. The van der Waals surface area contributed by atoms with Gasteiger partial charge in [0, 0.05) is 15.8 Å². The summed E-state index contributed by atoms with van der Waals surface area (Å²) < 4.78 is 0.865. The third-order valence-electron chi connectivity index (χ3n) is 4.06. The Labute approximate surface area is 185 Å². The number of thioether (sulfide) groups is 1. The van der Waals surface area contributed by atoms with Crippen LogP contribution in [0.2, 0.25) is 0 Å². The van der Waals surface area contributed by atoms with Crippen molar-refractivity contribution in [1.82, 2.24) is 10.2 Å². The molecule has 8 nitrogen and oxygen atoms in total. The number of halogens is 1. The molecule has 2 aromatic rings. The number of carbonyl (C=O) groups is 4. The van der Waals surface area contributed by atoms with Gasteiger partial charge in [-0.2, -0.15) is 0 Å².